The number of hydrogen-bond donors (Lipinski definition) is 1. The highest BCUT2D eigenvalue weighted by atomic mass is 16.7. The molecule has 0 aliphatic rings. The highest BCUT2D eigenvalue weighted by Crippen LogP contribution is 2.11. The average Bonchev–Trinajstić information content (AvgIpc) is 2.34. The van der Waals surface area contributed by atoms with Crippen LogP contribution in [0.25, 0.3) is 0 Å². The van der Waals surface area contributed by atoms with E-state index in [1.807, 2.05) is 13.8 Å². The Kier molecular flexibility index (Phi) is 2.32. The Morgan fingerprint density at radius 2 is 2.42 bits per heavy atom. The number of carboxylic acid groups (broad SMARTS) is 1. The molecule has 0 saturated carbocycles. The average molecular weight is 170 g/mol. The molecule has 1 heterocycles. The first-order chi connectivity index (χ1) is 5.59. The minimum Gasteiger partial charge on any atom is -0.449 e. The molecular formula is C7H10N2O3. The number of nitrogens with zero attached hydrogens (tertiary/aromatic N) is 2. The van der Waals surface area contributed by atoms with Crippen LogP contribution < -0.4 is 4.74 Å². The van der Waals surface area contributed by atoms with Crippen LogP contribution in [0.15, 0.2) is 12.4 Å². The lowest BCUT2D eigenvalue weighted by Gasteiger charge is -2.02. The van der Waals surface area contributed by atoms with Crippen molar-refractivity contribution in [2.45, 2.75) is 19.9 Å². The van der Waals surface area contributed by atoms with E-state index in [4.69, 9.17) is 5.11 Å². The van der Waals surface area contributed by atoms with Gasteiger partial charge in [0.05, 0.1) is 12.4 Å². The molecule has 0 unspecified atom stereocenters. The van der Waals surface area contributed by atoms with Crippen molar-refractivity contribution in [2.75, 3.05) is 0 Å². The highest BCUT2D eigenvalue weighted by Gasteiger charge is 2.05. The van der Waals surface area contributed by atoms with Crippen LogP contribution in [0.1, 0.15) is 19.9 Å². The molecule has 0 fully saturated rings. The van der Waals surface area contributed by atoms with Gasteiger partial charge in [-0.15, -0.1) is 0 Å². The zero-order chi connectivity index (χ0) is 9.14. The van der Waals surface area contributed by atoms with Gasteiger partial charge in [-0.05, 0) is 13.8 Å². The largest absolute Gasteiger partial charge is 0.511 e. The summed E-state index contributed by atoms with van der Waals surface area (Å²) in [5.41, 5.74) is 0. The Morgan fingerprint density at radius 1 is 1.75 bits per heavy atom. The van der Waals surface area contributed by atoms with Crippen LogP contribution in [-0.2, 0) is 0 Å². The first-order valence-electron chi connectivity index (χ1n) is 3.54. The molecule has 0 bridgehead atoms. The van der Waals surface area contributed by atoms with Crippen molar-refractivity contribution in [3.63, 3.8) is 0 Å². The zero-order valence-corrected chi connectivity index (χ0v) is 6.89. The molecule has 0 aliphatic heterocycles. The van der Waals surface area contributed by atoms with Gasteiger partial charge in [0.25, 0.3) is 0 Å². The molecular weight excluding hydrogens is 160 g/mol. The molecule has 0 spiro atoms. The standard InChI is InChI=1S/C7H10N2O3/c1-5(2)9-4-6(3-8-9)12-7(10)11/h3-5H,1-2H3,(H,10,11). The maximum absolute atomic E-state index is 10.1. The van der Waals surface area contributed by atoms with E-state index in [0.717, 1.165) is 0 Å². The monoisotopic (exact) mass is 170 g/mol. The molecule has 5 nitrogen and oxygen atoms in total. The first-order valence-corrected chi connectivity index (χ1v) is 3.54. The Labute approximate surface area is 69.6 Å². The van der Waals surface area contributed by atoms with Gasteiger partial charge in [-0.2, -0.15) is 5.10 Å². The van der Waals surface area contributed by atoms with E-state index in [1.165, 1.54) is 6.20 Å². The highest BCUT2D eigenvalue weighted by molar-refractivity contribution is 5.60. The van der Waals surface area contributed by atoms with Crippen molar-refractivity contribution in [1.82, 2.24) is 9.78 Å². The molecule has 1 aromatic rings. The number of carbonyl (C=O) groups is 1. The van der Waals surface area contributed by atoms with E-state index < -0.39 is 6.16 Å². The molecule has 12 heavy (non-hydrogen) atoms. The smallest absolute Gasteiger partial charge is 0.449 e. The maximum Gasteiger partial charge on any atom is 0.511 e. The molecule has 1 rings (SSSR count). The van der Waals surface area contributed by atoms with E-state index in [2.05, 4.69) is 9.84 Å². The Balaban J connectivity index is 2.70. The summed E-state index contributed by atoms with van der Waals surface area (Å²) < 4.78 is 6.00. The predicted molar refractivity (Wildman–Crippen MR) is 41.3 cm³/mol. The Hall–Kier alpha value is -1.52. The fraction of sp³-hybridized carbons (Fsp3) is 0.429. The zero-order valence-electron chi connectivity index (χ0n) is 6.89. The van der Waals surface area contributed by atoms with Crippen LogP contribution in [0.5, 0.6) is 5.75 Å². The van der Waals surface area contributed by atoms with Crippen molar-refractivity contribution in [3.05, 3.63) is 12.4 Å². The van der Waals surface area contributed by atoms with Gasteiger partial charge in [0.15, 0.2) is 5.75 Å². The molecule has 0 atom stereocenters. The van der Waals surface area contributed by atoms with Crippen molar-refractivity contribution in [2.24, 2.45) is 0 Å². The minimum atomic E-state index is -1.32. The molecule has 0 amide bonds. The third-order valence-corrected chi connectivity index (χ3v) is 1.31. The van der Waals surface area contributed by atoms with Gasteiger partial charge in [-0.25, -0.2) is 4.79 Å². The van der Waals surface area contributed by atoms with Gasteiger partial charge < -0.3 is 9.84 Å². The SMILES string of the molecule is CC(C)n1cc(OC(=O)O)cn1. The van der Waals surface area contributed by atoms with E-state index in [-0.39, 0.29) is 11.8 Å². The molecule has 1 N–H and O–H groups in total. The number of rotatable bonds is 2. The van der Waals surface area contributed by atoms with E-state index in [9.17, 15) is 4.79 Å². The lowest BCUT2D eigenvalue weighted by atomic mass is 10.4. The lowest BCUT2D eigenvalue weighted by Crippen LogP contribution is -2.02. The summed E-state index contributed by atoms with van der Waals surface area (Å²) in [6.45, 7) is 3.88. The topological polar surface area (TPSA) is 64.3 Å². The summed E-state index contributed by atoms with van der Waals surface area (Å²) >= 11 is 0. The van der Waals surface area contributed by atoms with E-state index in [1.54, 1.807) is 10.9 Å². The van der Waals surface area contributed by atoms with Crippen LogP contribution in [0.2, 0.25) is 0 Å². The molecule has 5 heteroatoms. The van der Waals surface area contributed by atoms with Gasteiger partial charge in [0.1, 0.15) is 0 Å². The summed E-state index contributed by atoms with van der Waals surface area (Å²) in [6.07, 6.45) is 1.59. The summed E-state index contributed by atoms with van der Waals surface area (Å²) in [6, 6.07) is 0.205. The second-order valence-corrected chi connectivity index (χ2v) is 2.62. The third-order valence-electron chi connectivity index (χ3n) is 1.31. The second-order valence-electron chi connectivity index (χ2n) is 2.62. The van der Waals surface area contributed by atoms with Crippen LogP contribution in [0, 0.1) is 0 Å². The van der Waals surface area contributed by atoms with Gasteiger partial charge in [-0.3, -0.25) is 4.68 Å². The second kappa shape index (κ2) is 3.25. The maximum atomic E-state index is 10.1. The lowest BCUT2D eigenvalue weighted by molar-refractivity contribution is 0.144. The van der Waals surface area contributed by atoms with Gasteiger partial charge in [0.2, 0.25) is 0 Å². The first kappa shape index (κ1) is 8.58. The predicted octanol–water partition coefficient (Wildman–Crippen LogP) is 1.52. The quantitative estimate of drug-likeness (QED) is 0.683. The Morgan fingerprint density at radius 3 is 2.83 bits per heavy atom. The fourth-order valence-electron chi connectivity index (χ4n) is 0.757. The van der Waals surface area contributed by atoms with Crippen molar-refractivity contribution < 1.29 is 14.6 Å². The van der Waals surface area contributed by atoms with Crippen molar-refractivity contribution in [3.8, 4) is 5.75 Å². The van der Waals surface area contributed by atoms with Gasteiger partial charge in [0, 0.05) is 6.04 Å². The molecule has 1 aromatic heterocycles. The normalized spacial score (nSPS) is 10.2. The number of ether oxygens (including phenoxy) is 1. The summed E-state index contributed by atoms with van der Waals surface area (Å²) in [4.78, 5) is 10.1. The number of hydrogen-bond acceptors (Lipinski definition) is 3. The molecule has 0 aromatic carbocycles. The molecule has 0 saturated heterocycles. The van der Waals surface area contributed by atoms with Crippen LogP contribution in [0.3, 0.4) is 0 Å². The van der Waals surface area contributed by atoms with Crippen LogP contribution in [-0.4, -0.2) is 21.0 Å². The number of aromatic nitrogens is 2. The summed E-state index contributed by atoms with van der Waals surface area (Å²) in [7, 11) is 0. The minimum absolute atomic E-state index is 0.205. The third kappa shape index (κ3) is 1.98. The molecule has 66 valence electrons. The van der Waals surface area contributed by atoms with Crippen molar-refractivity contribution in [1.29, 1.82) is 0 Å². The summed E-state index contributed by atoms with van der Waals surface area (Å²) in [5, 5.41) is 12.2. The van der Waals surface area contributed by atoms with Crippen LogP contribution >= 0.6 is 0 Å². The van der Waals surface area contributed by atoms with Gasteiger partial charge >= 0.3 is 6.16 Å². The van der Waals surface area contributed by atoms with Crippen LogP contribution in [0.4, 0.5) is 4.79 Å². The van der Waals surface area contributed by atoms with E-state index in [0.29, 0.717) is 0 Å². The van der Waals surface area contributed by atoms with Gasteiger partial charge in [-0.1, -0.05) is 0 Å². The molecule has 0 aliphatic carbocycles. The Bertz CT molecular complexity index is 280. The fourth-order valence-corrected chi connectivity index (χ4v) is 0.757. The summed E-state index contributed by atoms with van der Waals surface area (Å²) in [5.74, 6) is 0.246. The van der Waals surface area contributed by atoms with Crippen molar-refractivity contribution >= 4 is 6.16 Å². The van der Waals surface area contributed by atoms with E-state index >= 15 is 0 Å². The molecule has 0 radical (unpaired) electrons.